The molecule has 1 fully saturated rings. The second kappa shape index (κ2) is 5.33. The van der Waals surface area contributed by atoms with Gasteiger partial charge in [-0.2, -0.15) is 0 Å². The van der Waals surface area contributed by atoms with Crippen LogP contribution in [0.25, 0.3) is 0 Å². The number of carbonyl (C=O) groups is 1. The Morgan fingerprint density at radius 1 is 1.00 bits per heavy atom. The molecule has 1 amide bonds. The minimum Gasteiger partial charge on any atom is -0.342 e. The number of hydrogen-bond donors (Lipinski definition) is 0. The Kier molecular flexibility index (Phi) is 3.37. The summed E-state index contributed by atoms with van der Waals surface area (Å²) in [5.41, 5.74) is 1.56. The summed E-state index contributed by atoms with van der Waals surface area (Å²) in [5.74, 6) is -0.265. The predicted octanol–water partition coefficient (Wildman–Crippen LogP) is 2.63. The lowest BCUT2D eigenvalue weighted by atomic mass is 10.2. The molecule has 0 unspecified atom stereocenters. The number of carbonyl (C=O) groups excluding carboxylic acids is 1. The van der Waals surface area contributed by atoms with Gasteiger partial charge in [0.1, 0.15) is 5.82 Å². The number of benzene rings is 2. The van der Waals surface area contributed by atoms with E-state index in [1.54, 1.807) is 28.0 Å². The van der Waals surface area contributed by atoms with Gasteiger partial charge in [0.25, 0.3) is 0 Å². The van der Waals surface area contributed by atoms with E-state index in [-0.39, 0.29) is 18.3 Å². The van der Waals surface area contributed by atoms with Gasteiger partial charge in [-0.1, -0.05) is 42.5 Å². The Morgan fingerprint density at radius 2 is 1.70 bits per heavy atom. The van der Waals surface area contributed by atoms with Crippen molar-refractivity contribution in [2.45, 2.75) is 6.54 Å². The van der Waals surface area contributed by atoms with Gasteiger partial charge in [-0.15, -0.1) is 0 Å². The Balaban J connectivity index is 1.74. The first kappa shape index (κ1) is 12.7. The molecule has 0 saturated carbocycles. The molecule has 1 aliphatic heterocycles. The smallest absolute Gasteiger partial charge is 0.243 e. The van der Waals surface area contributed by atoms with E-state index >= 15 is 0 Å². The Morgan fingerprint density at radius 3 is 2.45 bits per heavy atom. The second-order valence-electron chi connectivity index (χ2n) is 4.87. The average molecular weight is 270 g/mol. The molecule has 2 aromatic carbocycles. The average Bonchev–Trinajstić information content (AvgIpc) is 2.81. The van der Waals surface area contributed by atoms with Crippen LogP contribution in [0.1, 0.15) is 5.56 Å². The van der Waals surface area contributed by atoms with Crippen LogP contribution in [0.4, 0.5) is 10.1 Å². The fourth-order valence-electron chi connectivity index (χ4n) is 2.41. The van der Waals surface area contributed by atoms with Crippen LogP contribution in [0, 0.1) is 5.82 Å². The summed E-state index contributed by atoms with van der Waals surface area (Å²) in [5, 5.41) is 0. The van der Waals surface area contributed by atoms with E-state index in [0.717, 1.165) is 5.56 Å². The third kappa shape index (κ3) is 2.50. The fourth-order valence-corrected chi connectivity index (χ4v) is 2.41. The fraction of sp³-hybridized carbons (Fsp3) is 0.188. The molecule has 0 bridgehead atoms. The maximum Gasteiger partial charge on any atom is 0.243 e. The van der Waals surface area contributed by atoms with Crippen LogP contribution in [0.3, 0.4) is 0 Å². The largest absolute Gasteiger partial charge is 0.342 e. The van der Waals surface area contributed by atoms with Crippen molar-refractivity contribution in [1.82, 2.24) is 4.90 Å². The van der Waals surface area contributed by atoms with E-state index in [2.05, 4.69) is 0 Å². The Hall–Kier alpha value is -2.36. The van der Waals surface area contributed by atoms with Crippen LogP contribution in [-0.2, 0) is 11.3 Å². The number of para-hydroxylation sites is 1. The number of rotatable bonds is 3. The normalized spacial score (nSPS) is 14.9. The number of halogens is 1. The molecule has 0 radical (unpaired) electrons. The Labute approximate surface area is 117 Å². The summed E-state index contributed by atoms with van der Waals surface area (Å²) in [6, 6.07) is 16.4. The Bertz CT molecular complexity index is 615. The van der Waals surface area contributed by atoms with E-state index in [9.17, 15) is 9.18 Å². The molecular weight excluding hydrogens is 255 g/mol. The summed E-state index contributed by atoms with van der Waals surface area (Å²) < 4.78 is 13.8. The molecule has 2 aromatic rings. The molecule has 3 rings (SSSR count). The predicted molar refractivity (Wildman–Crippen MR) is 75.6 cm³/mol. The van der Waals surface area contributed by atoms with Crippen LogP contribution in [0.2, 0.25) is 0 Å². The molecule has 0 aromatic heterocycles. The van der Waals surface area contributed by atoms with Crippen molar-refractivity contribution >= 4 is 11.6 Å². The van der Waals surface area contributed by atoms with Gasteiger partial charge in [0.05, 0.1) is 18.9 Å². The molecule has 4 heteroatoms. The zero-order valence-corrected chi connectivity index (χ0v) is 11.0. The van der Waals surface area contributed by atoms with Gasteiger partial charge < -0.3 is 9.80 Å². The highest BCUT2D eigenvalue weighted by molar-refractivity contribution is 5.84. The highest BCUT2D eigenvalue weighted by Crippen LogP contribution is 2.23. The lowest BCUT2D eigenvalue weighted by molar-refractivity contribution is -0.127. The van der Waals surface area contributed by atoms with Crippen molar-refractivity contribution < 1.29 is 9.18 Å². The molecule has 1 heterocycles. The maximum absolute atomic E-state index is 13.8. The topological polar surface area (TPSA) is 23.6 Å². The van der Waals surface area contributed by atoms with Crippen molar-refractivity contribution in [3.63, 3.8) is 0 Å². The lowest BCUT2D eigenvalue weighted by Gasteiger charge is -2.20. The zero-order valence-electron chi connectivity index (χ0n) is 11.0. The molecule has 20 heavy (non-hydrogen) atoms. The number of hydrogen-bond acceptors (Lipinski definition) is 2. The van der Waals surface area contributed by atoms with E-state index in [1.165, 1.54) is 6.07 Å². The van der Waals surface area contributed by atoms with E-state index < -0.39 is 0 Å². The highest BCUT2D eigenvalue weighted by atomic mass is 19.1. The zero-order chi connectivity index (χ0) is 13.9. The van der Waals surface area contributed by atoms with Crippen LogP contribution in [0.5, 0.6) is 0 Å². The second-order valence-corrected chi connectivity index (χ2v) is 4.87. The molecule has 0 atom stereocenters. The van der Waals surface area contributed by atoms with Crippen molar-refractivity contribution in [1.29, 1.82) is 0 Å². The van der Waals surface area contributed by atoms with Crippen LogP contribution < -0.4 is 4.90 Å². The van der Waals surface area contributed by atoms with Gasteiger partial charge in [0.2, 0.25) is 5.91 Å². The van der Waals surface area contributed by atoms with Crippen LogP contribution >= 0.6 is 0 Å². The van der Waals surface area contributed by atoms with Crippen LogP contribution in [-0.4, -0.2) is 24.0 Å². The monoisotopic (exact) mass is 270 g/mol. The van der Waals surface area contributed by atoms with Gasteiger partial charge in [0.15, 0.2) is 0 Å². The molecule has 3 nitrogen and oxygen atoms in total. The maximum atomic E-state index is 13.8. The first-order valence-electron chi connectivity index (χ1n) is 6.55. The summed E-state index contributed by atoms with van der Waals surface area (Å²) in [7, 11) is 0. The first-order valence-corrected chi connectivity index (χ1v) is 6.55. The van der Waals surface area contributed by atoms with E-state index in [1.807, 2.05) is 30.3 Å². The number of amides is 1. The van der Waals surface area contributed by atoms with Crippen molar-refractivity contribution in [2.24, 2.45) is 0 Å². The third-order valence-electron chi connectivity index (χ3n) is 3.43. The molecule has 102 valence electrons. The van der Waals surface area contributed by atoms with Crippen molar-refractivity contribution in [3.8, 4) is 0 Å². The molecule has 1 saturated heterocycles. The number of nitrogens with zero attached hydrogens (tertiary/aromatic N) is 2. The van der Waals surface area contributed by atoms with Gasteiger partial charge in [-0.25, -0.2) is 4.39 Å². The summed E-state index contributed by atoms with van der Waals surface area (Å²) in [4.78, 5) is 15.5. The molecular formula is C16H15FN2O. The highest BCUT2D eigenvalue weighted by Gasteiger charge is 2.28. The third-order valence-corrected chi connectivity index (χ3v) is 3.43. The molecule has 1 aliphatic rings. The standard InChI is InChI=1S/C16H15FN2O/c17-14-8-4-5-9-15(14)18-11-16(20)19(12-18)10-13-6-2-1-3-7-13/h1-9H,10-12H2. The van der Waals surface area contributed by atoms with Crippen LogP contribution in [0.15, 0.2) is 54.6 Å². The molecule has 0 spiro atoms. The van der Waals surface area contributed by atoms with E-state index in [0.29, 0.717) is 18.9 Å². The lowest BCUT2D eigenvalue weighted by Crippen LogP contribution is -2.27. The first-order chi connectivity index (χ1) is 9.74. The minimum absolute atomic E-state index is 0.0251. The summed E-state index contributed by atoms with van der Waals surface area (Å²) in [6.07, 6.45) is 0. The minimum atomic E-state index is -0.290. The summed E-state index contributed by atoms with van der Waals surface area (Å²) in [6.45, 7) is 1.22. The quantitative estimate of drug-likeness (QED) is 0.856. The number of anilines is 1. The molecule has 0 N–H and O–H groups in total. The van der Waals surface area contributed by atoms with Gasteiger partial charge in [0, 0.05) is 6.54 Å². The molecule has 0 aliphatic carbocycles. The van der Waals surface area contributed by atoms with Gasteiger partial charge in [-0.05, 0) is 17.7 Å². The van der Waals surface area contributed by atoms with Crippen molar-refractivity contribution in [2.75, 3.05) is 18.1 Å². The SMILES string of the molecule is O=C1CN(c2ccccc2F)CN1Cc1ccccc1. The van der Waals surface area contributed by atoms with Crippen molar-refractivity contribution in [3.05, 3.63) is 66.0 Å². The van der Waals surface area contributed by atoms with Gasteiger partial charge >= 0.3 is 0 Å². The summed E-state index contributed by atoms with van der Waals surface area (Å²) >= 11 is 0. The van der Waals surface area contributed by atoms with E-state index in [4.69, 9.17) is 0 Å². The van der Waals surface area contributed by atoms with Gasteiger partial charge in [-0.3, -0.25) is 4.79 Å².